The number of carbonyl (C=O) groups excluding carboxylic acids is 1. The van der Waals surface area contributed by atoms with Crippen molar-refractivity contribution in [2.75, 3.05) is 31.9 Å². The maximum Gasteiger partial charge on any atom is 0.242 e. The highest BCUT2D eigenvalue weighted by atomic mass is 32.2. The molecule has 6 nitrogen and oxygen atoms in total. The molecule has 2 aromatic rings. The molecule has 0 spiro atoms. The molecule has 152 valence electrons. The van der Waals surface area contributed by atoms with Gasteiger partial charge in [0, 0.05) is 12.7 Å². The third kappa shape index (κ3) is 5.81. The molecular formula is C21H28N2O4S. The second kappa shape index (κ2) is 9.21. The summed E-state index contributed by atoms with van der Waals surface area (Å²) in [6, 6.07) is 15.2. The summed E-state index contributed by atoms with van der Waals surface area (Å²) < 4.78 is 29.6. The smallest absolute Gasteiger partial charge is 0.242 e. The highest BCUT2D eigenvalue weighted by molar-refractivity contribution is 7.88. The number of methoxy groups -OCH3 is 1. The van der Waals surface area contributed by atoms with Crippen LogP contribution >= 0.6 is 0 Å². The zero-order chi connectivity index (χ0) is 20.9. The van der Waals surface area contributed by atoms with Crippen LogP contribution in [0.2, 0.25) is 0 Å². The standard InChI is InChI=1S/C21H28N2O4S/c1-16(2)18-8-6-17(7-9-18)14-23(19-10-12-20(27-4)13-11-19)21(24)15-22(3)28(5,25)26/h6-13,16H,14-15H2,1-5H3. The molecule has 0 fully saturated rings. The molecule has 0 heterocycles. The summed E-state index contributed by atoms with van der Waals surface area (Å²) in [4.78, 5) is 14.5. The van der Waals surface area contributed by atoms with Gasteiger partial charge in [0.25, 0.3) is 0 Å². The topological polar surface area (TPSA) is 66.9 Å². The normalized spacial score (nSPS) is 11.7. The quantitative estimate of drug-likeness (QED) is 0.677. The minimum Gasteiger partial charge on any atom is -0.497 e. The molecule has 0 unspecified atom stereocenters. The Hall–Kier alpha value is -2.38. The second-order valence-corrected chi connectivity index (χ2v) is 9.18. The third-order valence-electron chi connectivity index (χ3n) is 4.60. The van der Waals surface area contributed by atoms with Crippen molar-refractivity contribution in [3.8, 4) is 5.75 Å². The first kappa shape index (κ1) is 21.9. The monoisotopic (exact) mass is 404 g/mol. The Labute approximate surface area is 167 Å². The van der Waals surface area contributed by atoms with E-state index in [1.54, 1.807) is 36.3 Å². The van der Waals surface area contributed by atoms with E-state index in [9.17, 15) is 13.2 Å². The average Bonchev–Trinajstić information content (AvgIpc) is 2.65. The first-order valence-corrected chi connectivity index (χ1v) is 10.9. The Kier molecular flexibility index (Phi) is 7.21. The van der Waals surface area contributed by atoms with Crippen molar-refractivity contribution < 1.29 is 17.9 Å². The summed E-state index contributed by atoms with van der Waals surface area (Å²) in [5.74, 6) is 0.813. The van der Waals surface area contributed by atoms with Crippen molar-refractivity contribution in [1.82, 2.24) is 4.31 Å². The predicted molar refractivity (Wildman–Crippen MR) is 112 cm³/mol. The summed E-state index contributed by atoms with van der Waals surface area (Å²) in [6.07, 6.45) is 1.09. The first-order chi connectivity index (χ1) is 13.1. The number of nitrogens with zero attached hydrogens (tertiary/aromatic N) is 2. The number of benzene rings is 2. The van der Waals surface area contributed by atoms with E-state index in [1.165, 1.54) is 12.6 Å². The summed E-state index contributed by atoms with van der Waals surface area (Å²) in [6.45, 7) is 4.38. The van der Waals surface area contributed by atoms with Crippen LogP contribution in [0.15, 0.2) is 48.5 Å². The molecule has 2 aromatic carbocycles. The molecule has 0 N–H and O–H groups in total. The summed E-state index contributed by atoms with van der Waals surface area (Å²) in [7, 11) is -0.468. The van der Waals surface area contributed by atoms with Crippen molar-refractivity contribution in [3.05, 3.63) is 59.7 Å². The van der Waals surface area contributed by atoms with Crippen LogP contribution in [-0.2, 0) is 21.4 Å². The molecule has 0 saturated carbocycles. The lowest BCUT2D eigenvalue weighted by molar-refractivity contribution is -0.118. The van der Waals surface area contributed by atoms with E-state index in [4.69, 9.17) is 4.74 Å². The Morgan fingerprint density at radius 1 is 1.04 bits per heavy atom. The fourth-order valence-electron chi connectivity index (χ4n) is 2.67. The van der Waals surface area contributed by atoms with Crippen molar-refractivity contribution in [2.24, 2.45) is 0 Å². The first-order valence-electron chi connectivity index (χ1n) is 9.06. The molecule has 0 atom stereocenters. The van der Waals surface area contributed by atoms with Crippen molar-refractivity contribution in [2.45, 2.75) is 26.3 Å². The molecule has 28 heavy (non-hydrogen) atoms. The third-order valence-corrected chi connectivity index (χ3v) is 5.86. The van der Waals surface area contributed by atoms with Gasteiger partial charge in [-0.05, 0) is 41.3 Å². The number of likely N-dealkylation sites (N-methyl/N-ethyl adjacent to an activating group) is 1. The van der Waals surface area contributed by atoms with Gasteiger partial charge in [-0.25, -0.2) is 8.42 Å². The highest BCUT2D eigenvalue weighted by Gasteiger charge is 2.22. The molecule has 0 saturated heterocycles. The van der Waals surface area contributed by atoms with Gasteiger partial charge in [0.2, 0.25) is 15.9 Å². The molecule has 0 bridgehead atoms. The Balaban J connectivity index is 2.30. The Bertz CT molecular complexity index is 891. The summed E-state index contributed by atoms with van der Waals surface area (Å²) in [5, 5.41) is 0. The lowest BCUT2D eigenvalue weighted by Gasteiger charge is -2.25. The van der Waals surface area contributed by atoms with Gasteiger partial charge in [-0.2, -0.15) is 4.31 Å². The largest absolute Gasteiger partial charge is 0.497 e. The van der Waals surface area contributed by atoms with E-state index < -0.39 is 10.0 Å². The van der Waals surface area contributed by atoms with E-state index in [0.717, 1.165) is 16.1 Å². The van der Waals surface area contributed by atoms with Gasteiger partial charge >= 0.3 is 0 Å². The fraction of sp³-hybridized carbons (Fsp3) is 0.381. The number of amides is 1. The molecule has 7 heteroatoms. The molecular weight excluding hydrogens is 376 g/mol. The average molecular weight is 405 g/mol. The second-order valence-electron chi connectivity index (χ2n) is 7.09. The van der Waals surface area contributed by atoms with Gasteiger partial charge in [0.1, 0.15) is 5.75 Å². The number of ether oxygens (including phenoxy) is 1. The van der Waals surface area contributed by atoms with Crippen LogP contribution in [0.4, 0.5) is 5.69 Å². The fourth-order valence-corrected chi connectivity index (χ4v) is 3.01. The number of rotatable bonds is 8. The van der Waals surface area contributed by atoms with Gasteiger partial charge in [0.05, 0.1) is 26.5 Å². The van der Waals surface area contributed by atoms with E-state index in [1.807, 2.05) is 12.1 Å². The Morgan fingerprint density at radius 3 is 2.07 bits per heavy atom. The number of sulfonamides is 1. The van der Waals surface area contributed by atoms with E-state index in [-0.39, 0.29) is 12.5 Å². The van der Waals surface area contributed by atoms with Crippen LogP contribution in [0.25, 0.3) is 0 Å². The van der Waals surface area contributed by atoms with Crippen molar-refractivity contribution >= 4 is 21.6 Å². The van der Waals surface area contributed by atoms with Crippen LogP contribution in [0.1, 0.15) is 30.9 Å². The number of carbonyl (C=O) groups is 1. The zero-order valence-electron chi connectivity index (χ0n) is 17.0. The highest BCUT2D eigenvalue weighted by Crippen LogP contribution is 2.23. The van der Waals surface area contributed by atoms with Gasteiger partial charge in [-0.1, -0.05) is 38.1 Å². The van der Waals surface area contributed by atoms with E-state index in [2.05, 4.69) is 26.0 Å². The van der Waals surface area contributed by atoms with Gasteiger partial charge in [0.15, 0.2) is 0 Å². The predicted octanol–water partition coefficient (Wildman–Crippen LogP) is 3.24. The minimum absolute atomic E-state index is 0.227. The van der Waals surface area contributed by atoms with Crippen LogP contribution < -0.4 is 9.64 Å². The van der Waals surface area contributed by atoms with Gasteiger partial charge in [-0.15, -0.1) is 0 Å². The van der Waals surface area contributed by atoms with E-state index >= 15 is 0 Å². The van der Waals surface area contributed by atoms with Crippen LogP contribution in [-0.4, -0.2) is 45.6 Å². The molecule has 2 rings (SSSR count). The molecule has 0 radical (unpaired) electrons. The lowest BCUT2D eigenvalue weighted by atomic mass is 10.0. The summed E-state index contributed by atoms with van der Waals surface area (Å²) in [5.41, 5.74) is 2.87. The minimum atomic E-state index is -3.45. The van der Waals surface area contributed by atoms with Crippen LogP contribution in [0.5, 0.6) is 5.75 Å². The molecule has 0 aliphatic rings. The molecule has 0 aromatic heterocycles. The van der Waals surface area contributed by atoms with Crippen LogP contribution in [0.3, 0.4) is 0 Å². The number of hydrogen-bond acceptors (Lipinski definition) is 4. The maximum absolute atomic E-state index is 12.9. The Morgan fingerprint density at radius 2 is 1.61 bits per heavy atom. The van der Waals surface area contributed by atoms with Crippen LogP contribution in [0, 0.1) is 0 Å². The molecule has 1 amide bonds. The zero-order valence-corrected chi connectivity index (χ0v) is 17.9. The number of hydrogen-bond donors (Lipinski definition) is 0. The van der Waals surface area contributed by atoms with Gasteiger partial charge < -0.3 is 9.64 Å². The van der Waals surface area contributed by atoms with Gasteiger partial charge in [-0.3, -0.25) is 4.79 Å². The SMILES string of the molecule is COc1ccc(N(Cc2ccc(C(C)C)cc2)C(=O)CN(C)S(C)(=O)=O)cc1. The molecule has 0 aliphatic heterocycles. The maximum atomic E-state index is 12.9. The summed E-state index contributed by atoms with van der Waals surface area (Å²) >= 11 is 0. The number of anilines is 1. The van der Waals surface area contributed by atoms with Crippen molar-refractivity contribution in [3.63, 3.8) is 0 Å². The molecule has 0 aliphatic carbocycles. The van der Waals surface area contributed by atoms with E-state index in [0.29, 0.717) is 23.9 Å². The van der Waals surface area contributed by atoms with Crippen molar-refractivity contribution in [1.29, 1.82) is 0 Å². The lowest BCUT2D eigenvalue weighted by Crippen LogP contribution is -2.40.